The van der Waals surface area contributed by atoms with Crippen LogP contribution in [-0.2, 0) is 11.2 Å². The van der Waals surface area contributed by atoms with Crippen molar-refractivity contribution in [2.75, 3.05) is 26.1 Å². The molecule has 3 amide bonds. The number of nitrogens with one attached hydrogen (secondary N) is 1. The second-order valence-electron chi connectivity index (χ2n) is 5.79. The van der Waals surface area contributed by atoms with E-state index in [0.29, 0.717) is 24.3 Å². The Morgan fingerprint density at radius 1 is 1.16 bits per heavy atom. The van der Waals surface area contributed by atoms with Crippen LogP contribution in [0.4, 0.5) is 10.5 Å². The monoisotopic (exact) mass is 341 g/mol. The highest BCUT2D eigenvalue weighted by Gasteiger charge is 2.20. The van der Waals surface area contributed by atoms with Crippen LogP contribution < -0.4 is 11.1 Å². The first-order chi connectivity index (χ1) is 12.0. The Morgan fingerprint density at radius 2 is 1.88 bits per heavy atom. The number of rotatable bonds is 7. The molecular formula is C19H23N3O3. The highest BCUT2D eigenvalue weighted by Crippen LogP contribution is 2.13. The average molecular weight is 341 g/mol. The van der Waals surface area contributed by atoms with Gasteiger partial charge < -0.3 is 20.7 Å². The molecule has 0 radical (unpaired) electrons. The normalized spacial score (nSPS) is 11.6. The summed E-state index contributed by atoms with van der Waals surface area (Å²) < 4.78 is 5.27. The Morgan fingerprint density at radius 3 is 2.52 bits per heavy atom. The summed E-state index contributed by atoms with van der Waals surface area (Å²) in [7, 11) is 3.33. The number of primary amides is 1. The third-order valence-corrected chi connectivity index (χ3v) is 3.94. The number of hydrogen-bond acceptors (Lipinski definition) is 3. The first kappa shape index (κ1) is 18.5. The molecule has 1 atom stereocenters. The maximum Gasteiger partial charge on any atom is 0.321 e. The van der Waals surface area contributed by atoms with E-state index in [-0.39, 0.29) is 12.1 Å². The molecule has 0 saturated heterocycles. The summed E-state index contributed by atoms with van der Waals surface area (Å²) in [6.07, 6.45) is 0.680. The lowest BCUT2D eigenvalue weighted by molar-refractivity contribution is 0.1000. The number of ether oxygens (including phenoxy) is 1. The van der Waals surface area contributed by atoms with Crippen molar-refractivity contribution in [1.82, 2.24) is 4.90 Å². The molecule has 0 unspecified atom stereocenters. The van der Waals surface area contributed by atoms with Gasteiger partial charge in [-0.3, -0.25) is 4.79 Å². The van der Waals surface area contributed by atoms with Crippen LogP contribution in [0.25, 0.3) is 0 Å². The molecule has 2 rings (SSSR count). The van der Waals surface area contributed by atoms with Gasteiger partial charge in [0.1, 0.15) is 0 Å². The molecule has 0 bridgehead atoms. The van der Waals surface area contributed by atoms with Crippen LogP contribution in [0, 0.1) is 0 Å². The molecule has 0 spiro atoms. The molecule has 2 aromatic carbocycles. The number of carbonyl (C=O) groups is 2. The second kappa shape index (κ2) is 8.84. The van der Waals surface area contributed by atoms with E-state index in [1.165, 1.54) is 0 Å². The molecule has 6 heteroatoms. The highest BCUT2D eigenvalue weighted by molar-refractivity contribution is 5.95. The first-order valence-electron chi connectivity index (χ1n) is 7.97. The van der Waals surface area contributed by atoms with Gasteiger partial charge in [0.25, 0.3) is 0 Å². The van der Waals surface area contributed by atoms with E-state index in [0.717, 1.165) is 5.56 Å². The molecule has 6 nitrogen and oxygen atoms in total. The van der Waals surface area contributed by atoms with Gasteiger partial charge >= 0.3 is 6.03 Å². The van der Waals surface area contributed by atoms with Crippen LogP contribution in [-0.4, -0.2) is 43.6 Å². The molecule has 0 heterocycles. The van der Waals surface area contributed by atoms with Gasteiger partial charge in [-0.25, -0.2) is 4.79 Å². The quantitative estimate of drug-likeness (QED) is 0.811. The minimum absolute atomic E-state index is 0.119. The van der Waals surface area contributed by atoms with Crippen LogP contribution in [0.2, 0.25) is 0 Å². The summed E-state index contributed by atoms with van der Waals surface area (Å²) in [4.78, 5) is 25.4. The highest BCUT2D eigenvalue weighted by atomic mass is 16.5. The molecule has 0 aliphatic rings. The van der Waals surface area contributed by atoms with Gasteiger partial charge in [0.05, 0.1) is 12.6 Å². The van der Waals surface area contributed by atoms with Crippen molar-refractivity contribution >= 4 is 17.6 Å². The molecule has 25 heavy (non-hydrogen) atoms. The molecule has 0 aliphatic carbocycles. The van der Waals surface area contributed by atoms with Gasteiger partial charge in [0.15, 0.2) is 0 Å². The Bertz CT molecular complexity index is 719. The minimum Gasteiger partial charge on any atom is -0.383 e. The number of methoxy groups -OCH3 is 1. The van der Waals surface area contributed by atoms with Crippen molar-refractivity contribution in [2.45, 2.75) is 12.5 Å². The molecule has 2 aromatic rings. The number of carbonyl (C=O) groups excluding carboxylic acids is 2. The van der Waals surface area contributed by atoms with E-state index in [9.17, 15) is 9.59 Å². The number of amides is 3. The summed E-state index contributed by atoms with van der Waals surface area (Å²) >= 11 is 0. The summed E-state index contributed by atoms with van der Waals surface area (Å²) in [5.74, 6) is -0.536. The van der Waals surface area contributed by atoms with Gasteiger partial charge in [0.2, 0.25) is 5.91 Å². The lowest BCUT2D eigenvalue weighted by atomic mass is 10.1. The molecule has 3 N–H and O–H groups in total. The topological polar surface area (TPSA) is 84.7 Å². The number of likely N-dealkylation sites (N-methyl/N-ethyl adjacent to an activating group) is 1. The predicted octanol–water partition coefficient (Wildman–Crippen LogP) is 2.51. The van der Waals surface area contributed by atoms with E-state index in [1.807, 2.05) is 30.3 Å². The zero-order valence-electron chi connectivity index (χ0n) is 14.4. The first-order valence-corrected chi connectivity index (χ1v) is 7.97. The minimum atomic E-state index is -0.536. The SMILES string of the molecule is COC[C@@H](Cc1ccccc1)N(C)C(=O)Nc1cccc(C(N)=O)c1. The predicted molar refractivity (Wildman–Crippen MR) is 97.6 cm³/mol. The van der Waals surface area contributed by atoms with Crippen LogP contribution in [0.1, 0.15) is 15.9 Å². The van der Waals surface area contributed by atoms with E-state index >= 15 is 0 Å². The zero-order valence-corrected chi connectivity index (χ0v) is 14.4. The number of urea groups is 1. The van der Waals surface area contributed by atoms with E-state index in [1.54, 1.807) is 43.3 Å². The van der Waals surface area contributed by atoms with E-state index in [4.69, 9.17) is 10.5 Å². The van der Waals surface area contributed by atoms with Crippen molar-refractivity contribution in [1.29, 1.82) is 0 Å². The van der Waals surface area contributed by atoms with Gasteiger partial charge in [-0.05, 0) is 30.2 Å². The fourth-order valence-corrected chi connectivity index (χ4v) is 2.51. The molecule has 0 aliphatic heterocycles. The van der Waals surface area contributed by atoms with Crippen LogP contribution in [0.5, 0.6) is 0 Å². The maximum atomic E-state index is 12.5. The number of nitrogens with zero attached hydrogens (tertiary/aromatic N) is 1. The zero-order chi connectivity index (χ0) is 18.2. The van der Waals surface area contributed by atoms with Crippen molar-refractivity contribution in [3.05, 3.63) is 65.7 Å². The standard InChI is InChI=1S/C19H23N3O3/c1-22(17(13-25-2)11-14-7-4-3-5-8-14)19(24)21-16-10-6-9-15(12-16)18(20)23/h3-10,12,17H,11,13H2,1-2H3,(H2,20,23)(H,21,24)/t17-/m1/s1. The van der Waals surface area contributed by atoms with Gasteiger partial charge in [-0.2, -0.15) is 0 Å². The summed E-state index contributed by atoms with van der Waals surface area (Å²) in [6, 6.07) is 16.1. The summed E-state index contributed by atoms with van der Waals surface area (Å²) in [5.41, 5.74) is 7.26. The Kier molecular flexibility index (Phi) is 6.54. The van der Waals surface area contributed by atoms with Crippen LogP contribution in [0.3, 0.4) is 0 Å². The summed E-state index contributed by atoms with van der Waals surface area (Å²) in [5, 5.41) is 2.79. The lowest BCUT2D eigenvalue weighted by Crippen LogP contribution is -2.43. The van der Waals surface area contributed by atoms with Gasteiger partial charge in [-0.15, -0.1) is 0 Å². The summed E-state index contributed by atoms with van der Waals surface area (Å²) in [6.45, 7) is 0.417. The third-order valence-electron chi connectivity index (χ3n) is 3.94. The van der Waals surface area contributed by atoms with E-state index < -0.39 is 5.91 Å². The largest absolute Gasteiger partial charge is 0.383 e. The number of nitrogens with two attached hydrogens (primary N) is 1. The molecular weight excluding hydrogens is 318 g/mol. The van der Waals surface area contributed by atoms with Crippen molar-refractivity contribution in [3.63, 3.8) is 0 Å². The van der Waals surface area contributed by atoms with Gasteiger partial charge in [-0.1, -0.05) is 36.4 Å². The maximum absolute atomic E-state index is 12.5. The van der Waals surface area contributed by atoms with Crippen molar-refractivity contribution < 1.29 is 14.3 Å². The van der Waals surface area contributed by atoms with Crippen LogP contribution >= 0.6 is 0 Å². The number of anilines is 1. The molecule has 0 fully saturated rings. The average Bonchev–Trinajstić information content (AvgIpc) is 2.61. The lowest BCUT2D eigenvalue weighted by Gasteiger charge is -2.28. The van der Waals surface area contributed by atoms with E-state index in [2.05, 4.69) is 5.32 Å². The van der Waals surface area contributed by atoms with Gasteiger partial charge in [0, 0.05) is 25.4 Å². The Balaban J connectivity index is 2.07. The smallest absolute Gasteiger partial charge is 0.321 e. The number of benzene rings is 2. The number of hydrogen-bond donors (Lipinski definition) is 2. The molecule has 132 valence electrons. The fourth-order valence-electron chi connectivity index (χ4n) is 2.51. The Hall–Kier alpha value is -2.86. The second-order valence-corrected chi connectivity index (χ2v) is 5.79. The van der Waals surface area contributed by atoms with Crippen LogP contribution in [0.15, 0.2) is 54.6 Å². The van der Waals surface area contributed by atoms with Crippen molar-refractivity contribution in [3.8, 4) is 0 Å². The van der Waals surface area contributed by atoms with Crippen molar-refractivity contribution in [2.24, 2.45) is 5.73 Å². The molecule has 0 aromatic heterocycles. The Labute approximate surface area is 147 Å². The third kappa shape index (κ3) is 5.32. The fraction of sp³-hybridized carbons (Fsp3) is 0.263. The molecule has 0 saturated carbocycles.